The van der Waals surface area contributed by atoms with E-state index in [0.29, 0.717) is 5.25 Å². The van der Waals surface area contributed by atoms with Crippen molar-refractivity contribution in [3.05, 3.63) is 35.1 Å². The van der Waals surface area contributed by atoms with Crippen molar-refractivity contribution in [1.29, 1.82) is 0 Å². The van der Waals surface area contributed by atoms with Crippen LogP contribution in [-0.2, 0) is 0 Å². The minimum Gasteiger partial charge on any atom is -0.310 e. The Bertz CT molecular complexity index is 347. The van der Waals surface area contributed by atoms with E-state index in [2.05, 4.69) is 32.2 Å². The second-order valence-electron chi connectivity index (χ2n) is 4.72. The SMILES string of the molecule is CCNC(CSC(C)CC)c1cc(C)cc(F)c1. The molecule has 0 amide bonds. The first kappa shape index (κ1) is 15.5. The van der Waals surface area contributed by atoms with E-state index >= 15 is 0 Å². The number of hydrogen-bond donors (Lipinski definition) is 1. The number of thioether (sulfide) groups is 1. The second-order valence-corrected chi connectivity index (χ2v) is 6.20. The molecule has 0 aromatic heterocycles. The molecule has 1 N–H and O–H groups in total. The fourth-order valence-corrected chi connectivity index (χ4v) is 2.93. The Morgan fingerprint density at radius 1 is 1.28 bits per heavy atom. The van der Waals surface area contributed by atoms with E-state index in [9.17, 15) is 4.39 Å². The van der Waals surface area contributed by atoms with Crippen LogP contribution in [0.25, 0.3) is 0 Å². The fraction of sp³-hybridized carbons (Fsp3) is 0.600. The Kier molecular flexibility index (Phi) is 6.72. The zero-order valence-corrected chi connectivity index (χ0v) is 12.6. The quantitative estimate of drug-likeness (QED) is 0.791. The Balaban J connectivity index is 2.76. The van der Waals surface area contributed by atoms with E-state index in [4.69, 9.17) is 0 Å². The summed E-state index contributed by atoms with van der Waals surface area (Å²) in [5.41, 5.74) is 2.05. The number of rotatable bonds is 7. The Morgan fingerprint density at radius 2 is 2.00 bits per heavy atom. The summed E-state index contributed by atoms with van der Waals surface area (Å²) in [6.45, 7) is 9.38. The zero-order chi connectivity index (χ0) is 13.5. The van der Waals surface area contributed by atoms with Gasteiger partial charge in [0.2, 0.25) is 0 Å². The van der Waals surface area contributed by atoms with Crippen LogP contribution < -0.4 is 5.32 Å². The Morgan fingerprint density at radius 3 is 2.56 bits per heavy atom. The molecule has 0 aliphatic heterocycles. The maximum atomic E-state index is 13.5. The van der Waals surface area contributed by atoms with Gasteiger partial charge in [-0.2, -0.15) is 11.8 Å². The molecular formula is C15H24FNS. The summed E-state index contributed by atoms with van der Waals surface area (Å²) in [7, 11) is 0. The highest BCUT2D eigenvalue weighted by molar-refractivity contribution is 7.99. The molecule has 1 aromatic rings. The third kappa shape index (κ3) is 4.99. The first-order chi connectivity index (χ1) is 8.56. The number of nitrogens with one attached hydrogen (secondary N) is 1. The van der Waals surface area contributed by atoms with Crippen molar-refractivity contribution in [1.82, 2.24) is 5.32 Å². The van der Waals surface area contributed by atoms with Crippen molar-refractivity contribution < 1.29 is 4.39 Å². The molecule has 0 aliphatic rings. The second kappa shape index (κ2) is 7.80. The molecule has 3 heteroatoms. The van der Waals surface area contributed by atoms with Crippen LogP contribution in [0.3, 0.4) is 0 Å². The molecule has 0 saturated carbocycles. The van der Waals surface area contributed by atoms with E-state index in [1.807, 2.05) is 18.7 Å². The summed E-state index contributed by atoms with van der Waals surface area (Å²) in [6, 6.07) is 5.54. The van der Waals surface area contributed by atoms with Crippen molar-refractivity contribution in [3.8, 4) is 0 Å². The lowest BCUT2D eigenvalue weighted by Crippen LogP contribution is -2.24. The molecule has 0 heterocycles. The van der Waals surface area contributed by atoms with Crippen LogP contribution in [0, 0.1) is 12.7 Å². The zero-order valence-electron chi connectivity index (χ0n) is 11.8. The van der Waals surface area contributed by atoms with Crippen molar-refractivity contribution in [2.45, 2.75) is 45.4 Å². The third-order valence-corrected chi connectivity index (χ3v) is 4.47. The average Bonchev–Trinajstić information content (AvgIpc) is 2.32. The van der Waals surface area contributed by atoms with E-state index in [1.54, 1.807) is 12.1 Å². The first-order valence-corrected chi connectivity index (χ1v) is 7.73. The molecule has 1 nitrogen and oxygen atoms in total. The van der Waals surface area contributed by atoms with Crippen LogP contribution in [0.15, 0.2) is 18.2 Å². The normalized spacial score (nSPS) is 14.5. The molecule has 0 radical (unpaired) electrons. The largest absolute Gasteiger partial charge is 0.310 e. The smallest absolute Gasteiger partial charge is 0.123 e. The molecule has 2 unspecified atom stereocenters. The predicted molar refractivity (Wildman–Crippen MR) is 79.8 cm³/mol. The number of halogens is 1. The molecule has 0 aliphatic carbocycles. The molecule has 0 saturated heterocycles. The van der Waals surface area contributed by atoms with Crippen molar-refractivity contribution in [2.24, 2.45) is 0 Å². The average molecular weight is 269 g/mol. The molecule has 1 aromatic carbocycles. The summed E-state index contributed by atoms with van der Waals surface area (Å²) >= 11 is 1.95. The van der Waals surface area contributed by atoms with Gasteiger partial charge in [0.25, 0.3) is 0 Å². The molecular weight excluding hydrogens is 245 g/mol. The van der Waals surface area contributed by atoms with Crippen molar-refractivity contribution in [2.75, 3.05) is 12.3 Å². The van der Waals surface area contributed by atoms with Crippen molar-refractivity contribution >= 4 is 11.8 Å². The van der Waals surface area contributed by atoms with Crippen molar-refractivity contribution in [3.63, 3.8) is 0 Å². The van der Waals surface area contributed by atoms with Gasteiger partial charge >= 0.3 is 0 Å². The third-order valence-electron chi connectivity index (χ3n) is 3.04. The predicted octanol–water partition coefficient (Wildman–Crippen LogP) is 4.32. The van der Waals surface area contributed by atoms with E-state index in [1.165, 1.54) is 6.42 Å². The van der Waals surface area contributed by atoms with Crippen LogP contribution in [0.4, 0.5) is 4.39 Å². The van der Waals surface area contributed by atoms with Crippen LogP contribution in [0.5, 0.6) is 0 Å². The molecule has 0 bridgehead atoms. The lowest BCUT2D eigenvalue weighted by Gasteiger charge is -2.20. The van der Waals surface area contributed by atoms with E-state index in [-0.39, 0.29) is 11.9 Å². The number of benzene rings is 1. The minimum atomic E-state index is -0.138. The first-order valence-electron chi connectivity index (χ1n) is 6.68. The topological polar surface area (TPSA) is 12.0 Å². The number of hydrogen-bond acceptors (Lipinski definition) is 2. The highest BCUT2D eigenvalue weighted by atomic mass is 32.2. The molecule has 18 heavy (non-hydrogen) atoms. The van der Waals surface area contributed by atoms with E-state index < -0.39 is 0 Å². The van der Waals surface area contributed by atoms with Gasteiger partial charge in [-0.3, -0.25) is 0 Å². The van der Waals surface area contributed by atoms with Gasteiger partial charge in [-0.1, -0.05) is 26.8 Å². The van der Waals surface area contributed by atoms with Crippen LogP contribution >= 0.6 is 11.8 Å². The van der Waals surface area contributed by atoms with Gasteiger partial charge in [-0.25, -0.2) is 4.39 Å². The summed E-state index contributed by atoms with van der Waals surface area (Å²) in [5.74, 6) is 0.854. The van der Waals surface area contributed by atoms with Gasteiger partial charge in [-0.15, -0.1) is 0 Å². The van der Waals surface area contributed by atoms with Gasteiger partial charge in [0.05, 0.1) is 0 Å². The van der Waals surface area contributed by atoms with Gasteiger partial charge in [0.1, 0.15) is 5.82 Å². The molecule has 0 fully saturated rings. The Labute approximate surface area is 115 Å². The van der Waals surface area contributed by atoms with Crippen LogP contribution in [0.2, 0.25) is 0 Å². The van der Waals surface area contributed by atoms with E-state index in [0.717, 1.165) is 23.4 Å². The lowest BCUT2D eigenvalue weighted by molar-refractivity contribution is 0.587. The van der Waals surface area contributed by atoms with Gasteiger partial charge in [-0.05, 0) is 43.1 Å². The molecule has 0 spiro atoms. The summed E-state index contributed by atoms with van der Waals surface area (Å²) in [5, 5.41) is 4.10. The fourth-order valence-electron chi connectivity index (χ4n) is 1.86. The monoisotopic (exact) mass is 269 g/mol. The molecule has 102 valence electrons. The summed E-state index contributed by atoms with van der Waals surface area (Å²) in [6.07, 6.45) is 1.17. The minimum absolute atomic E-state index is 0.138. The number of aryl methyl sites for hydroxylation is 1. The lowest BCUT2D eigenvalue weighted by atomic mass is 10.1. The highest BCUT2D eigenvalue weighted by Crippen LogP contribution is 2.24. The van der Waals surface area contributed by atoms with Crippen LogP contribution in [-0.4, -0.2) is 17.5 Å². The van der Waals surface area contributed by atoms with Gasteiger partial charge < -0.3 is 5.32 Å². The Hall–Kier alpha value is -0.540. The van der Waals surface area contributed by atoms with Gasteiger partial charge in [0.15, 0.2) is 0 Å². The molecule has 1 rings (SSSR count). The standard InChI is InChI=1S/C15H24FNS/c1-5-12(4)18-10-15(17-6-2)13-7-11(3)8-14(16)9-13/h7-9,12,15,17H,5-6,10H2,1-4H3. The summed E-state index contributed by atoms with van der Waals surface area (Å²) in [4.78, 5) is 0. The van der Waals surface area contributed by atoms with Gasteiger partial charge in [0, 0.05) is 17.0 Å². The summed E-state index contributed by atoms with van der Waals surface area (Å²) < 4.78 is 13.5. The van der Waals surface area contributed by atoms with Crippen LogP contribution in [0.1, 0.15) is 44.4 Å². The maximum absolute atomic E-state index is 13.5. The molecule has 2 atom stereocenters. The maximum Gasteiger partial charge on any atom is 0.123 e. The highest BCUT2D eigenvalue weighted by Gasteiger charge is 2.13.